The van der Waals surface area contributed by atoms with Crippen LogP contribution in [0.5, 0.6) is 0 Å². The van der Waals surface area contributed by atoms with E-state index in [2.05, 4.69) is 40.9 Å². The molecule has 0 radical (unpaired) electrons. The monoisotopic (exact) mass is 520 g/mol. The number of carboxylic acid groups (broad SMARTS) is 1. The van der Waals surface area contributed by atoms with Crippen LogP contribution in [0.25, 0.3) is 16.6 Å². The van der Waals surface area contributed by atoms with Crippen LogP contribution in [0.2, 0.25) is 0 Å². The van der Waals surface area contributed by atoms with Crippen molar-refractivity contribution in [3.63, 3.8) is 0 Å². The van der Waals surface area contributed by atoms with Crippen molar-refractivity contribution in [3.05, 3.63) is 59.4 Å². The topological polar surface area (TPSA) is 70.3 Å². The average molecular weight is 521 g/mol. The first-order valence-corrected chi connectivity index (χ1v) is 13.9. The summed E-state index contributed by atoms with van der Waals surface area (Å²) in [5.74, 6) is 0.104. The number of likely N-dealkylation sites (tertiary alicyclic amines) is 2. The lowest BCUT2D eigenvalue weighted by Crippen LogP contribution is -2.52. The lowest BCUT2D eigenvalue weighted by atomic mass is 9.85. The van der Waals surface area contributed by atoms with E-state index in [9.17, 15) is 14.3 Å². The van der Waals surface area contributed by atoms with E-state index in [1.54, 1.807) is 12.3 Å². The summed E-state index contributed by atoms with van der Waals surface area (Å²) >= 11 is 0. The molecule has 2 bridgehead atoms. The normalized spacial score (nSPS) is 23.0. The average Bonchev–Trinajstić information content (AvgIpc) is 3.58. The lowest BCUT2D eigenvalue weighted by molar-refractivity contribution is 0.0251. The molecule has 3 aliphatic rings. The highest BCUT2D eigenvalue weighted by molar-refractivity contribution is 5.98. The predicted octanol–water partition coefficient (Wildman–Crippen LogP) is 4.82. The third kappa shape index (κ3) is 4.63. The molecule has 3 fully saturated rings. The quantitative estimate of drug-likeness (QED) is 0.436. The standard InChI is InChI=1S/C30H37FN4O3/c1-18(2)28(5-4-8-33-16-24-11-23(33)17-38-24)34-13-21(14-34)20-9-26(29-12-32-19(3)35(29)15-20)25-7-6-22(31)10-27(25)30(36)37/h6-7,9-10,12,15,18,21,23-24,28H,4-5,8,11,13-14,16-17H2,1-3H3,(H,36,37)/t23-,24-,28-/m1/s1. The van der Waals surface area contributed by atoms with Gasteiger partial charge in [0.2, 0.25) is 0 Å². The Bertz CT molecular complexity index is 1350. The number of imidazole rings is 1. The summed E-state index contributed by atoms with van der Waals surface area (Å²) in [5.41, 5.74) is 3.26. The van der Waals surface area contributed by atoms with E-state index in [1.807, 2.05) is 11.3 Å². The maximum Gasteiger partial charge on any atom is 0.336 e. The number of hydrogen-bond acceptors (Lipinski definition) is 5. The van der Waals surface area contributed by atoms with E-state index < -0.39 is 11.8 Å². The van der Waals surface area contributed by atoms with E-state index in [4.69, 9.17) is 4.74 Å². The van der Waals surface area contributed by atoms with Gasteiger partial charge in [-0.25, -0.2) is 14.2 Å². The number of aromatic carboxylic acids is 1. The van der Waals surface area contributed by atoms with Crippen molar-refractivity contribution < 1.29 is 19.0 Å². The molecule has 1 N–H and O–H groups in total. The molecule has 6 rings (SSSR count). The van der Waals surface area contributed by atoms with Crippen molar-refractivity contribution in [3.8, 4) is 11.1 Å². The van der Waals surface area contributed by atoms with E-state index in [1.165, 1.54) is 30.9 Å². The highest BCUT2D eigenvalue weighted by atomic mass is 19.1. The molecule has 38 heavy (non-hydrogen) atoms. The number of hydrogen-bond donors (Lipinski definition) is 1. The summed E-state index contributed by atoms with van der Waals surface area (Å²) in [5, 5.41) is 9.78. The van der Waals surface area contributed by atoms with Crippen molar-refractivity contribution in [2.45, 2.75) is 64.1 Å². The Hall–Kier alpha value is -2.81. The Morgan fingerprint density at radius 3 is 2.71 bits per heavy atom. The fourth-order valence-electron chi connectivity index (χ4n) is 6.80. The zero-order chi connectivity index (χ0) is 26.6. The van der Waals surface area contributed by atoms with Gasteiger partial charge in [0.05, 0.1) is 30.0 Å². The molecule has 3 saturated heterocycles. The third-order valence-electron chi connectivity index (χ3n) is 8.93. The second-order valence-electron chi connectivity index (χ2n) is 11.7. The minimum Gasteiger partial charge on any atom is -0.478 e. The van der Waals surface area contributed by atoms with Gasteiger partial charge in [-0.1, -0.05) is 19.9 Å². The van der Waals surface area contributed by atoms with Gasteiger partial charge in [0, 0.05) is 49.4 Å². The number of aryl methyl sites for hydroxylation is 1. The molecule has 5 heterocycles. The van der Waals surface area contributed by atoms with Crippen molar-refractivity contribution in [2.24, 2.45) is 5.92 Å². The van der Waals surface area contributed by atoms with E-state index in [0.717, 1.165) is 55.8 Å². The van der Waals surface area contributed by atoms with Gasteiger partial charge < -0.3 is 14.2 Å². The number of ether oxygens (including phenoxy) is 1. The number of rotatable bonds is 9. The Morgan fingerprint density at radius 1 is 1.21 bits per heavy atom. The number of carbonyl (C=O) groups is 1. The first-order valence-electron chi connectivity index (χ1n) is 13.9. The second kappa shape index (κ2) is 10.1. The lowest BCUT2D eigenvalue weighted by Gasteiger charge is -2.46. The number of morpholine rings is 1. The number of nitrogens with zero attached hydrogens (tertiary/aromatic N) is 4. The van der Waals surface area contributed by atoms with Crippen LogP contribution in [0.3, 0.4) is 0 Å². The van der Waals surface area contributed by atoms with Crippen LogP contribution in [0.15, 0.2) is 36.7 Å². The molecule has 0 saturated carbocycles. The van der Waals surface area contributed by atoms with Gasteiger partial charge >= 0.3 is 5.97 Å². The minimum atomic E-state index is -1.14. The van der Waals surface area contributed by atoms with Crippen molar-refractivity contribution in [1.29, 1.82) is 0 Å². The fraction of sp³-hybridized carbons (Fsp3) is 0.533. The van der Waals surface area contributed by atoms with Crippen LogP contribution in [0.4, 0.5) is 4.39 Å². The van der Waals surface area contributed by atoms with Gasteiger partial charge in [-0.05, 0) is 68.0 Å². The summed E-state index contributed by atoms with van der Waals surface area (Å²) in [6.45, 7) is 11.7. The molecule has 3 atom stereocenters. The molecule has 0 aliphatic carbocycles. The molecule has 8 heteroatoms. The van der Waals surface area contributed by atoms with Gasteiger partial charge in [0.25, 0.3) is 0 Å². The van der Waals surface area contributed by atoms with Crippen LogP contribution < -0.4 is 0 Å². The SMILES string of the molecule is Cc1ncc2c(-c3ccc(F)cc3C(=O)O)cc(C3CN([C@H](CCCN4C[C@H]5C[C@@H]4CO5)C(C)C)C3)cn12. The zero-order valence-corrected chi connectivity index (χ0v) is 22.4. The number of carboxylic acids is 1. The maximum atomic E-state index is 13.9. The first-order chi connectivity index (χ1) is 18.3. The zero-order valence-electron chi connectivity index (χ0n) is 22.4. The van der Waals surface area contributed by atoms with E-state index >= 15 is 0 Å². The number of pyridine rings is 1. The third-order valence-corrected chi connectivity index (χ3v) is 8.93. The smallest absolute Gasteiger partial charge is 0.336 e. The van der Waals surface area contributed by atoms with Crippen LogP contribution >= 0.6 is 0 Å². The van der Waals surface area contributed by atoms with E-state index in [0.29, 0.717) is 35.6 Å². The first kappa shape index (κ1) is 25.5. The number of aromatic nitrogens is 2. The molecule has 0 unspecified atom stereocenters. The van der Waals surface area contributed by atoms with Crippen LogP contribution in [-0.2, 0) is 4.74 Å². The summed E-state index contributed by atoms with van der Waals surface area (Å²) in [4.78, 5) is 21.7. The van der Waals surface area contributed by atoms with E-state index in [-0.39, 0.29) is 5.56 Å². The Labute approximate surface area is 223 Å². The van der Waals surface area contributed by atoms with Gasteiger partial charge in [-0.2, -0.15) is 0 Å². The molecule has 2 aromatic heterocycles. The van der Waals surface area contributed by atoms with Gasteiger partial charge in [0.1, 0.15) is 11.6 Å². The Balaban J connectivity index is 1.19. The number of benzene rings is 1. The highest BCUT2D eigenvalue weighted by Gasteiger charge is 2.39. The molecule has 3 aromatic rings. The minimum absolute atomic E-state index is 0.0317. The highest BCUT2D eigenvalue weighted by Crippen LogP contribution is 2.37. The van der Waals surface area contributed by atoms with Crippen molar-refractivity contribution >= 4 is 11.5 Å². The van der Waals surface area contributed by atoms with Gasteiger partial charge in [-0.15, -0.1) is 0 Å². The summed E-state index contributed by atoms with van der Waals surface area (Å²) < 4.78 is 21.7. The van der Waals surface area contributed by atoms with Crippen molar-refractivity contribution in [2.75, 3.05) is 32.8 Å². The molecule has 3 aliphatic heterocycles. The molecular formula is C30H37FN4O3. The van der Waals surface area contributed by atoms with Gasteiger partial charge in [0.15, 0.2) is 0 Å². The molecule has 1 aromatic carbocycles. The number of fused-ring (bicyclic) bond motifs is 3. The molecule has 0 spiro atoms. The molecule has 202 valence electrons. The maximum absolute atomic E-state index is 13.9. The molecule has 0 amide bonds. The van der Waals surface area contributed by atoms with Crippen molar-refractivity contribution in [1.82, 2.24) is 19.2 Å². The van der Waals surface area contributed by atoms with Gasteiger partial charge in [-0.3, -0.25) is 9.80 Å². The Kier molecular flexibility index (Phi) is 6.74. The van der Waals surface area contributed by atoms with Crippen LogP contribution in [-0.4, -0.2) is 81.2 Å². The largest absolute Gasteiger partial charge is 0.478 e. The molecule has 7 nitrogen and oxygen atoms in total. The summed E-state index contributed by atoms with van der Waals surface area (Å²) in [7, 11) is 0. The Morgan fingerprint density at radius 2 is 2.03 bits per heavy atom. The summed E-state index contributed by atoms with van der Waals surface area (Å²) in [6.07, 6.45) is 7.98. The van der Waals surface area contributed by atoms with Crippen LogP contribution in [0.1, 0.15) is 60.8 Å². The van der Waals surface area contributed by atoms with Crippen LogP contribution in [0, 0.1) is 18.7 Å². The summed E-state index contributed by atoms with van der Waals surface area (Å²) in [6, 6.07) is 7.27. The number of halogens is 1. The molecular weight excluding hydrogens is 483 g/mol. The predicted molar refractivity (Wildman–Crippen MR) is 144 cm³/mol. The second-order valence-corrected chi connectivity index (χ2v) is 11.7. The fourth-order valence-corrected chi connectivity index (χ4v) is 6.80.